The van der Waals surface area contributed by atoms with Crippen molar-refractivity contribution in [3.63, 3.8) is 0 Å². The van der Waals surface area contributed by atoms with Gasteiger partial charge in [-0.15, -0.1) is 0 Å². The maximum Gasteiger partial charge on any atom is 0.220 e. The molecule has 0 atom stereocenters. The van der Waals surface area contributed by atoms with Crippen LogP contribution in [0.1, 0.15) is 30.4 Å². The summed E-state index contributed by atoms with van der Waals surface area (Å²) in [6.07, 6.45) is 3.69. The van der Waals surface area contributed by atoms with Gasteiger partial charge in [0, 0.05) is 13.0 Å². The number of carbonyl (C=O) groups is 1. The van der Waals surface area contributed by atoms with Gasteiger partial charge in [-0.05, 0) is 41.7 Å². The van der Waals surface area contributed by atoms with E-state index >= 15 is 0 Å². The molecule has 0 unspecified atom stereocenters. The molecule has 1 N–H and O–H groups in total. The molecule has 17 heavy (non-hydrogen) atoms. The van der Waals surface area contributed by atoms with Crippen LogP contribution >= 0.6 is 22.6 Å². The van der Waals surface area contributed by atoms with Crippen LogP contribution in [0.3, 0.4) is 0 Å². The Bertz CT molecular complexity index is 352. The quantitative estimate of drug-likeness (QED) is 0.459. The third kappa shape index (κ3) is 6.05. The van der Waals surface area contributed by atoms with Crippen molar-refractivity contribution in [1.29, 1.82) is 0 Å². The fourth-order valence-electron chi connectivity index (χ4n) is 1.67. The van der Waals surface area contributed by atoms with Crippen molar-refractivity contribution in [2.45, 2.75) is 32.6 Å². The van der Waals surface area contributed by atoms with Crippen molar-refractivity contribution in [1.82, 2.24) is 5.32 Å². The van der Waals surface area contributed by atoms with E-state index in [0.29, 0.717) is 6.42 Å². The molecule has 0 aliphatic carbocycles. The van der Waals surface area contributed by atoms with Crippen molar-refractivity contribution in [3.8, 4) is 0 Å². The largest absolute Gasteiger partial charge is 0.356 e. The van der Waals surface area contributed by atoms with Crippen molar-refractivity contribution >= 4 is 28.5 Å². The summed E-state index contributed by atoms with van der Waals surface area (Å²) in [6.45, 7) is 2.91. The highest BCUT2D eigenvalue weighted by Crippen LogP contribution is 2.09. The Morgan fingerprint density at radius 2 is 2.06 bits per heavy atom. The lowest BCUT2D eigenvalue weighted by molar-refractivity contribution is -0.121. The number of alkyl halides is 1. The molecular weight excluding hydrogens is 325 g/mol. The summed E-state index contributed by atoms with van der Waals surface area (Å²) in [6, 6.07) is 8.25. The van der Waals surface area contributed by atoms with Crippen LogP contribution in [0.4, 0.5) is 0 Å². The first-order valence-corrected chi connectivity index (χ1v) is 7.63. The number of amides is 1. The molecule has 0 saturated heterocycles. The second kappa shape index (κ2) is 8.50. The van der Waals surface area contributed by atoms with Gasteiger partial charge in [0.2, 0.25) is 5.91 Å². The van der Waals surface area contributed by atoms with Crippen molar-refractivity contribution in [2.75, 3.05) is 11.0 Å². The summed E-state index contributed by atoms with van der Waals surface area (Å²) in [4.78, 5) is 11.6. The van der Waals surface area contributed by atoms with Crippen LogP contribution in [0.25, 0.3) is 0 Å². The molecular formula is C14H20INO. The second-order valence-corrected chi connectivity index (χ2v) is 5.25. The van der Waals surface area contributed by atoms with Crippen LogP contribution < -0.4 is 5.32 Å². The SMILES string of the molecule is Cc1ccccc1CCC(=O)NCCCCI. The van der Waals surface area contributed by atoms with Crippen LogP contribution in [-0.4, -0.2) is 16.9 Å². The summed E-state index contributed by atoms with van der Waals surface area (Å²) < 4.78 is 1.16. The minimum absolute atomic E-state index is 0.168. The summed E-state index contributed by atoms with van der Waals surface area (Å²) >= 11 is 2.36. The van der Waals surface area contributed by atoms with Crippen LogP contribution in [-0.2, 0) is 11.2 Å². The molecule has 0 bridgehead atoms. The average Bonchev–Trinajstić information content (AvgIpc) is 2.34. The van der Waals surface area contributed by atoms with Gasteiger partial charge in [0.1, 0.15) is 0 Å². The predicted octanol–water partition coefficient (Wildman–Crippen LogP) is 3.26. The van der Waals surface area contributed by atoms with Crippen LogP contribution in [0, 0.1) is 6.92 Å². The number of hydrogen-bond donors (Lipinski definition) is 1. The van der Waals surface area contributed by atoms with E-state index in [9.17, 15) is 4.79 Å². The summed E-state index contributed by atoms with van der Waals surface area (Å²) in [5.41, 5.74) is 2.54. The molecule has 1 aromatic rings. The summed E-state index contributed by atoms with van der Waals surface area (Å²) in [7, 11) is 0. The Morgan fingerprint density at radius 3 is 2.76 bits per heavy atom. The smallest absolute Gasteiger partial charge is 0.220 e. The Hall–Kier alpha value is -0.580. The molecule has 0 saturated carbocycles. The Morgan fingerprint density at radius 1 is 1.29 bits per heavy atom. The molecule has 0 fully saturated rings. The van der Waals surface area contributed by atoms with Crippen molar-refractivity contribution < 1.29 is 4.79 Å². The third-order valence-electron chi connectivity index (χ3n) is 2.77. The third-order valence-corrected chi connectivity index (χ3v) is 3.53. The van der Waals surface area contributed by atoms with Gasteiger partial charge in [-0.1, -0.05) is 46.9 Å². The van der Waals surface area contributed by atoms with Gasteiger partial charge in [-0.3, -0.25) is 4.79 Å². The standard InChI is InChI=1S/C14H20INO/c1-12-6-2-3-7-13(12)8-9-14(17)16-11-5-4-10-15/h2-3,6-7H,4-5,8-11H2,1H3,(H,16,17). The summed E-state index contributed by atoms with van der Waals surface area (Å²) in [5, 5.41) is 2.96. The lowest BCUT2D eigenvalue weighted by atomic mass is 10.0. The number of nitrogens with one attached hydrogen (secondary N) is 1. The maximum absolute atomic E-state index is 11.6. The molecule has 3 heteroatoms. The number of aryl methyl sites for hydroxylation is 2. The molecule has 0 aromatic heterocycles. The lowest BCUT2D eigenvalue weighted by Gasteiger charge is -2.06. The zero-order chi connectivity index (χ0) is 12.5. The van der Waals surface area contributed by atoms with E-state index in [2.05, 4.69) is 47.0 Å². The van der Waals surface area contributed by atoms with Gasteiger partial charge in [0.25, 0.3) is 0 Å². The molecule has 0 spiro atoms. The Kier molecular flexibility index (Phi) is 7.24. The molecule has 1 rings (SSSR count). The molecule has 0 aliphatic heterocycles. The minimum atomic E-state index is 0.168. The Labute approximate surface area is 117 Å². The summed E-state index contributed by atoms with van der Waals surface area (Å²) in [5.74, 6) is 0.168. The van der Waals surface area contributed by atoms with Crippen LogP contribution in [0.2, 0.25) is 0 Å². The second-order valence-electron chi connectivity index (χ2n) is 4.17. The fraction of sp³-hybridized carbons (Fsp3) is 0.500. The zero-order valence-corrected chi connectivity index (χ0v) is 12.5. The fourth-order valence-corrected chi connectivity index (χ4v) is 2.21. The first kappa shape index (κ1) is 14.5. The number of halogens is 1. The number of benzene rings is 1. The monoisotopic (exact) mass is 345 g/mol. The number of rotatable bonds is 7. The lowest BCUT2D eigenvalue weighted by Crippen LogP contribution is -2.24. The highest BCUT2D eigenvalue weighted by Gasteiger charge is 2.03. The van der Waals surface area contributed by atoms with Crippen molar-refractivity contribution in [3.05, 3.63) is 35.4 Å². The first-order chi connectivity index (χ1) is 8.24. The zero-order valence-electron chi connectivity index (χ0n) is 10.3. The molecule has 2 nitrogen and oxygen atoms in total. The van der Waals surface area contributed by atoms with Gasteiger partial charge < -0.3 is 5.32 Å². The van der Waals surface area contributed by atoms with E-state index in [1.54, 1.807) is 0 Å². The van der Waals surface area contributed by atoms with Crippen LogP contribution in [0.5, 0.6) is 0 Å². The van der Waals surface area contributed by atoms with Gasteiger partial charge >= 0.3 is 0 Å². The van der Waals surface area contributed by atoms with Crippen molar-refractivity contribution in [2.24, 2.45) is 0 Å². The maximum atomic E-state index is 11.6. The van der Waals surface area contributed by atoms with E-state index in [-0.39, 0.29) is 5.91 Å². The molecule has 1 amide bonds. The molecule has 1 aromatic carbocycles. The average molecular weight is 345 g/mol. The van der Waals surface area contributed by atoms with Gasteiger partial charge in [0.05, 0.1) is 0 Å². The van der Waals surface area contributed by atoms with E-state index in [0.717, 1.165) is 23.8 Å². The van der Waals surface area contributed by atoms with E-state index in [1.165, 1.54) is 17.5 Å². The van der Waals surface area contributed by atoms with Gasteiger partial charge in [0.15, 0.2) is 0 Å². The molecule has 94 valence electrons. The predicted molar refractivity (Wildman–Crippen MR) is 80.6 cm³/mol. The van der Waals surface area contributed by atoms with Gasteiger partial charge in [-0.2, -0.15) is 0 Å². The number of unbranched alkanes of at least 4 members (excludes halogenated alkanes) is 1. The van der Waals surface area contributed by atoms with Crippen LogP contribution in [0.15, 0.2) is 24.3 Å². The van der Waals surface area contributed by atoms with E-state index in [1.807, 2.05) is 12.1 Å². The molecule has 0 heterocycles. The number of carbonyl (C=O) groups excluding carboxylic acids is 1. The van der Waals surface area contributed by atoms with E-state index in [4.69, 9.17) is 0 Å². The topological polar surface area (TPSA) is 29.1 Å². The molecule has 0 aliphatic rings. The number of hydrogen-bond acceptors (Lipinski definition) is 1. The first-order valence-electron chi connectivity index (χ1n) is 6.11. The van der Waals surface area contributed by atoms with Gasteiger partial charge in [-0.25, -0.2) is 0 Å². The minimum Gasteiger partial charge on any atom is -0.356 e. The van der Waals surface area contributed by atoms with E-state index < -0.39 is 0 Å². The Balaban J connectivity index is 2.22. The highest BCUT2D eigenvalue weighted by atomic mass is 127. The molecule has 0 radical (unpaired) electrons. The highest BCUT2D eigenvalue weighted by molar-refractivity contribution is 14.1. The normalized spacial score (nSPS) is 10.2.